The van der Waals surface area contributed by atoms with E-state index in [9.17, 15) is 4.79 Å². The average molecular weight is 297 g/mol. The molecule has 0 bridgehead atoms. The Labute approximate surface area is 126 Å². The number of nitrogens with zero attached hydrogens (tertiary/aromatic N) is 4. The Bertz CT molecular complexity index is 851. The van der Waals surface area contributed by atoms with Crippen LogP contribution in [0.2, 0.25) is 0 Å². The van der Waals surface area contributed by atoms with E-state index in [-0.39, 0.29) is 17.8 Å². The Morgan fingerprint density at radius 3 is 3.23 bits per heavy atom. The molecule has 0 radical (unpaired) electrons. The van der Waals surface area contributed by atoms with Crippen LogP contribution in [0, 0.1) is 6.92 Å². The van der Waals surface area contributed by atoms with E-state index in [1.165, 1.54) is 0 Å². The Morgan fingerprint density at radius 2 is 2.36 bits per heavy atom. The molecule has 0 aromatic carbocycles. The topological polar surface area (TPSA) is 85.3 Å². The van der Waals surface area contributed by atoms with Crippen molar-refractivity contribution in [2.24, 2.45) is 0 Å². The minimum absolute atomic E-state index is 0.0457. The van der Waals surface area contributed by atoms with E-state index in [2.05, 4.69) is 20.4 Å². The molecule has 0 spiro atoms. The van der Waals surface area contributed by atoms with Gasteiger partial charge in [-0.05, 0) is 31.9 Å². The number of hydrogen-bond acceptors (Lipinski definition) is 5. The van der Waals surface area contributed by atoms with Gasteiger partial charge in [-0.25, -0.2) is 9.50 Å². The number of furan rings is 1. The van der Waals surface area contributed by atoms with E-state index in [1.807, 2.05) is 19.1 Å². The predicted octanol–water partition coefficient (Wildman–Crippen LogP) is 1.83. The van der Waals surface area contributed by atoms with Crippen LogP contribution in [0.3, 0.4) is 0 Å². The molecule has 0 aliphatic heterocycles. The SMILES string of the molecule is Cc1ccnc2nc(C(=O)NC3CCCc4occc43)nn12. The molecule has 112 valence electrons. The molecule has 1 amide bonds. The zero-order chi connectivity index (χ0) is 15.1. The Kier molecular flexibility index (Phi) is 2.92. The van der Waals surface area contributed by atoms with Crippen LogP contribution >= 0.6 is 0 Å². The van der Waals surface area contributed by atoms with Crippen LogP contribution in [0.1, 0.15) is 46.5 Å². The largest absolute Gasteiger partial charge is 0.469 e. The third kappa shape index (κ3) is 2.05. The van der Waals surface area contributed by atoms with Crippen LogP contribution in [0.15, 0.2) is 29.0 Å². The van der Waals surface area contributed by atoms with E-state index in [0.717, 1.165) is 36.3 Å². The molecular weight excluding hydrogens is 282 g/mol. The fourth-order valence-corrected chi connectivity index (χ4v) is 2.86. The van der Waals surface area contributed by atoms with E-state index in [0.29, 0.717) is 5.78 Å². The number of fused-ring (bicyclic) bond motifs is 2. The highest BCUT2D eigenvalue weighted by atomic mass is 16.3. The quantitative estimate of drug-likeness (QED) is 0.780. The summed E-state index contributed by atoms with van der Waals surface area (Å²) in [6, 6.07) is 3.69. The molecule has 22 heavy (non-hydrogen) atoms. The Hall–Kier alpha value is -2.70. The second kappa shape index (κ2) is 4.94. The predicted molar refractivity (Wildman–Crippen MR) is 77.4 cm³/mol. The maximum absolute atomic E-state index is 12.4. The highest BCUT2D eigenvalue weighted by Crippen LogP contribution is 2.30. The van der Waals surface area contributed by atoms with Crippen molar-refractivity contribution in [3.8, 4) is 0 Å². The lowest BCUT2D eigenvalue weighted by molar-refractivity contribution is 0.0922. The first-order valence-electron chi connectivity index (χ1n) is 7.28. The lowest BCUT2D eigenvalue weighted by Gasteiger charge is -2.21. The fraction of sp³-hybridized carbons (Fsp3) is 0.333. The number of aryl methyl sites for hydroxylation is 2. The van der Waals surface area contributed by atoms with E-state index in [1.54, 1.807) is 17.0 Å². The molecule has 0 saturated carbocycles. The van der Waals surface area contributed by atoms with Crippen molar-refractivity contribution < 1.29 is 9.21 Å². The van der Waals surface area contributed by atoms with Gasteiger partial charge in [-0.15, -0.1) is 5.10 Å². The van der Waals surface area contributed by atoms with Crippen molar-refractivity contribution in [3.05, 3.63) is 47.4 Å². The summed E-state index contributed by atoms with van der Waals surface area (Å²) in [5, 5.41) is 7.22. The highest BCUT2D eigenvalue weighted by molar-refractivity contribution is 5.91. The maximum atomic E-state index is 12.4. The van der Waals surface area contributed by atoms with Gasteiger partial charge in [0, 0.05) is 23.9 Å². The summed E-state index contributed by atoms with van der Waals surface area (Å²) in [5.74, 6) is 1.23. The number of aromatic nitrogens is 4. The normalized spacial score (nSPS) is 17.4. The molecule has 4 rings (SSSR count). The Morgan fingerprint density at radius 1 is 1.45 bits per heavy atom. The smallest absolute Gasteiger partial charge is 0.291 e. The lowest BCUT2D eigenvalue weighted by Crippen LogP contribution is -2.31. The molecule has 1 atom stereocenters. The highest BCUT2D eigenvalue weighted by Gasteiger charge is 2.25. The molecule has 1 aliphatic rings. The summed E-state index contributed by atoms with van der Waals surface area (Å²) < 4.78 is 7.01. The molecule has 1 N–H and O–H groups in total. The van der Waals surface area contributed by atoms with Gasteiger partial charge in [-0.1, -0.05) is 0 Å². The van der Waals surface area contributed by atoms with E-state index in [4.69, 9.17) is 4.42 Å². The molecule has 3 aromatic rings. The first-order chi connectivity index (χ1) is 10.7. The van der Waals surface area contributed by atoms with Crippen LogP contribution in [0.5, 0.6) is 0 Å². The summed E-state index contributed by atoms with van der Waals surface area (Å²) in [4.78, 5) is 20.7. The van der Waals surface area contributed by atoms with Gasteiger partial charge in [0.25, 0.3) is 11.7 Å². The monoisotopic (exact) mass is 297 g/mol. The minimum atomic E-state index is -0.288. The molecular formula is C15H15N5O2. The molecule has 3 heterocycles. The van der Waals surface area contributed by atoms with Crippen molar-refractivity contribution >= 4 is 11.7 Å². The summed E-state index contributed by atoms with van der Waals surface area (Å²) in [5.41, 5.74) is 1.93. The number of carbonyl (C=O) groups excluding carboxylic acids is 1. The van der Waals surface area contributed by atoms with E-state index < -0.39 is 0 Å². The van der Waals surface area contributed by atoms with Gasteiger partial charge in [0.15, 0.2) is 0 Å². The van der Waals surface area contributed by atoms with Crippen LogP contribution in [0.25, 0.3) is 5.78 Å². The second-order valence-corrected chi connectivity index (χ2v) is 5.45. The summed E-state index contributed by atoms with van der Waals surface area (Å²) in [7, 11) is 0. The van der Waals surface area contributed by atoms with Crippen LogP contribution in [-0.4, -0.2) is 25.5 Å². The van der Waals surface area contributed by atoms with Gasteiger partial charge in [-0.3, -0.25) is 4.79 Å². The van der Waals surface area contributed by atoms with Crippen molar-refractivity contribution in [3.63, 3.8) is 0 Å². The fourth-order valence-electron chi connectivity index (χ4n) is 2.86. The standard InChI is InChI=1S/C15H15N5O2/c1-9-5-7-16-15-18-13(19-20(9)15)14(21)17-11-3-2-4-12-10(11)6-8-22-12/h5-8,11H,2-4H2,1H3,(H,17,21). The zero-order valence-corrected chi connectivity index (χ0v) is 12.1. The average Bonchev–Trinajstić information content (AvgIpc) is 3.14. The van der Waals surface area contributed by atoms with Crippen molar-refractivity contribution in [1.82, 2.24) is 24.9 Å². The third-order valence-electron chi connectivity index (χ3n) is 3.99. The van der Waals surface area contributed by atoms with E-state index >= 15 is 0 Å². The third-order valence-corrected chi connectivity index (χ3v) is 3.99. The van der Waals surface area contributed by atoms with Gasteiger partial charge >= 0.3 is 0 Å². The van der Waals surface area contributed by atoms with Crippen molar-refractivity contribution in [2.75, 3.05) is 0 Å². The van der Waals surface area contributed by atoms with Gasteiger partial charge in [0.05, 0.1) is 12.3 Å². The Balaban J connectivity index is 1.61. The van der Waals surface area contributed by atoms with Gasteiger partial charge < -0.3 is 9.73 Å². The van der Waals surface area contributed by atoms with Gasteiger partial charge in [-0.2, -0.15) is 4.98 Å². The number of nitrogens with one attached hydrogen (secondary N) is 1. The van der Waals surface area contributed by atoms with Crippen LogP contribution in [-0.2, 0) is 6.42 Å². The molecule has 0 saturated heterocycles. The second-order valence-electron chi connectivity index (χ2n) is 5.45. The minimum Gasteiger partial charge on any atom is -0.469 e. The van der Waals surface area contributed by atoms with Gasteiger partial charge in [0.1, 0.15) is 5.76 Å². The number of carbonyl (C=O) groups is 1. The molecule has 3 aromatic heterocycles. The first-order valence-corrected chi connectivity index (χ1v) is 7.28. The summed E-state index contributed by atoms with van der Waals surface area (Å²) in [6.45, 7) is 1.89. The van der Waals surface area contributed by atoms with Crippen molar-refractivity contribution in [1.29, 1.82) is 0 Å². The number of amides is 1. The summed E-state index contributed by atoms with van der Waals surface area (Å²) in [6.07, 6.45) is 6.13. The zero-order valence-electron chi connectivity index (χ0n) is 12.1. The van der Waals surface area contributed by atoms with Gasteiger partial charge in [0.2, 0.25) is 5.82 Å². The van der Waals surface area contributed by atoms with Crippen molar-refractivity contribution in [2.45, 2.75) is 32.2 Å². The maximum Gasteiger partial charge on any atom is 0.291 e. The molecule has 7 nitrogen and oxygen atoms in total. The number of rotatable bonds is 2. The van der Waals surface area contributed by atoms with Crippen LogP contribution in [0.4, 0.5) is 0 Å². The molecule has 7 heteroatoms. The number of hydrogen-bond donors (Lipinski definition) is 1. The lowest BCUT2D eigenvalue weighted by atomic mass is 9.93. The molecule has 1 unspecified atom stereocenters. The first kappa shape index (κ1) is 13.0. The molecule has 0 fully saturated rings. The summed E-state index contributed by atoms with van der Waals surface area (Å²) >= 11 is 0. The van der Waals surface area contributed by atoms with Crippen LogP contribution < -0.4 is 5.32 Å². The molecule has 1 aliphatic carbocycles.